The van der Waals surface area contributed by atoms with E-state index in [2.05, 4.69) is 4.98 Å². The van der Waals surface area contributed by atoms with Gasteiger partial charge in [-0.15, -0.1) is 0 Å². The maximum atomic E-state index is 8.85. The van der Waals surface area contributed by atoms with Crippen LogP contribution in [0.2, 0.25) is 0 Å². The lowest BCUT2D eigenvalue weighted by Gasteiger charge is -2.04. The van der Waals surface area contributed by atoms with E-state index >= 15 is 0 Å². The fourth-order valence-electron chi connectivity index (χ4n) is 1.41. The lowest BCUT2D eigenvalue weighted by atomic mass is 10.2. The Morgan fingerprint density at radius 1 is 1.29 bits per heavy atom. The minimum Gasteiger partial charge on any atom is -0.492 e. The fourth-order valence-corrected chi connectivity index (χ4v) is 1.41. The molecule has 0 radical (unpaired) electrons. The zero-order chi connectivity index (χ0) is 12.1. The summed E-state index contributed by atoms with van der Waals surface area (Å²) in [5, 5.41) is 8.85. The maximum Gasteiger partial charge on any atom is 0.220 e. The summed E-state index contributed by atoms with van der Waals surface area (Å²) in [6, 6.07) is 7.45. The van der Waals surface area contributed by atoms with E-state index in [1.165, 1.54) is 6.26 Å². The van der Waals surface area contributed by atoms with Gasteiger partial charge < -0.3 is 20.0 Å². The minimum atomic E-state index is -0.197. The first-order chi connectivity index (χ1) is 8.33. The standard InChI is InChI=1S/C12H14N2O3/c13-5-6-16-10-3-1-9(2-4-10)11-8-17-12(7-15)14-11/h1-4,8,15H,5-7,13H2. The molecular weight excluding hydrogens is 220 g/mol. The molecule has 2 aromatic rings. The summed E-state index contributed by atoms with van der Waals surface area (Å²) < 4.78 is 10.4. The average molecular weight is 234 g/mol. The highest BCUT2D eigenvalue weighted by Gasteiger charge is 2.05. The van der Waals surface area contributed by atoms with E-state index < -0.39 is 0 Å². The zero-order valence-corrected chi connectivity index (χ0v) is 9.30. The van der Waals surface area contributed by atoms with E-state index in [0.717, 1.165) is 11.3 Å². The van der Waals surface area contributed by atoms with Gasteiger partial charge in [0.2, 0.25) is 5.89 Å². The highest BCUT2D eigenvalue weighted by molar-refractivity contribution is 5.58. The van der Waals surface area contributed by atoms with Crippen molar-refractivity contribution in [1.29, 1.82) is 0 Å². The van der Waals surface area contributed by atoms with Crippen LogP contribution in [0.5, 0.6) is 5.75 Å². The summed E-state index contributed by atoms with van der Waals surface area (Å²) in [5.41, 5.74) is 6.95. The predicted molar refractivity (Wildman–Crippen MR) is 62.4 cm³/mol. The first kappa shape index (κ1) is 11.6. The van der Waals surface area contributed by atoms with Gasteiger partial charge in [-0.25, -0.2) is 4.98 Å². The first-order valence-electron chi connectivity index (χ1n) is 5.32. The van der Waals surface area contributed by atoms with Crippen LogP contribution in [0.4, 0.5) is 0 Å². The quantitative estimate of drug-likeness (QED) is 0.811. The SMILES string of the molecule is NCCOc1ccc(-c2coc(CO)n2)cc1. The highest BCUT2D eigenvalue weighted by Crippen LogP contribution is 2.21. The van der Waals surface area contributed by atoms with Crippen LogP contribution < -0.4 is 10.5 Å². The number of hydrogen-bond donors (Lipinski definition) is 2. The van der Waals surface area contributed by atoms with Gasteiger partial charge in [-0.3, -0.25) is 0 Å². The van der Waals surface area contributed by atoms with Gasteiger partial charge in [-0.1, -0.05) is 0 Å². The molecule has 0 amide bonds. The smallest absolute Gasteiger partial charge is 0.220 e. The molecule has 0 saturated carbocycles. The van der Waals surface area contributed by atoms with Crippen LogP contribution in [-0.4, -0.2) is 23.2 Å². The van der Waals surface area contributed by atoms with Gasteiger partial charge in [0.05, 0.1) is 0 Å². The third kappa shape index (κ3) is 2.83. The number of benzene rings is 1. The van der Waals surface area contributed by atoms with Gasteiger partial charge in [0.25, 0.3) is 0 Å². The fraction of sp³-hybridized carbons (Fsp3) is 0.250. The molecule has 0 atom stereocenters. The molecule has 0 aliphatic rings. The molecule has 0 aliphatic heterocycles. The van der Waals surface area contributed by atoms with Crippen molar-refractivity contribution < 1.29 is 14.3 Å². The van der Waals surface area contributed by atoms with E-state index in [1.54, 1.807) is 0 Å². The number of nitrogens with two attached hydrogens (primary N) is 1. The van der Waals surface area contributed by atoms with Crippen molar-refractivity contribution in [2.75, 3.05) is 13.2 Å². The summed E-state index contributed by atoms with van der Waals surface area (Å²) in [6.07, 6.45) is 1.52. The van der Waals surface area contributed by atoms with Gasteiger partial charge >= 0.3 is 0 Å². The molecule has 1 heterocycles. The number of ether oxygens (including phenoxy) is 1. The first-order valence-corrected chi connectivity index (χ1v) is 5.32. The Balaban J connectivity index is 2.11. The van der Waals surface area contributed by atoms with Crippen molar-refractivity contribution in [3.8, 4) is 17.0 Å². The molecule has 3 N–H and O–H groups in total. The second-order valence-corrected chi connectivity index (χ2v) is 3.45. The number of aliphatic hydroxyl groups excluding tert-OH is 1. The van der Waals surface area contributed by atoms with Crippen molar-refractivity contribution in [1.82, 2.24) is 4.98 Å². The number of oxazole rings is 1. The van der Waals surface area contributed by atoms with E-state index in [-0.39, 0.29) is 6.61 Å². The normalized spacial score (nSPS) is 10.5. The monoisotopic (exact) mass is 234 g/mol. The molecule has 1 aromatic heterocycles. The second-order valence-electron chi connectivity index (χ2n) is 3.45. The van der Waals surface area contributed by atoms with Crippen molar-refractivity contribution in [3.05, 3.63) is 36.4 Å². The number of nitrogens with zero attached hydrogens (tertiary/aromatic N) is 1. The molecule has 0 aliphatic carbocycles. The number of aromatic nitrogens is 1. The van der Waals surface area contributed by atoms with Crippen LogP contribution in [0.15, 0.2) is 34.9 Å². The predicted octanol–water partition coefficient (Wildman–Crippen LogP) is 1.17. The minimum absolute atomic E-state index is 0.197. The van der Waals surface area contributed by atoms with Crippen molar-refractivity contribution >= 4 is 0 Å². The number of hydrogen-bond acceptors (Lipinski definition) is 5. The average Bonchev–Trinajstić information content (AvgIpc) is 2.86. The Bertz CT molecular complexity index is 465. The van der Waals surface area contributed by atoms with Crippen LogP contribution in [0, 0.1) is 0 Å². The topological polar surface area (TPSA) is 81.5 Å². The van der Waals surface area contributed by atoms with E-state index in [9.17, 15) is 0 Å². The Labute approximate surface area is 98.8 Å². The summed E-state index contributed by atoms with van der Waals surface area (Å²) in [4.78, 5) is 4.11. The molecule has 17 heavy (non-hydrogen) atoms. The van der Waals surface area contributed by atoms with Crippen LogP contribution >= 0.6 is 0 Å². The maximum absolute atomic E-state index is 8.85. The molecule has 5 nitrogen and oxygen atoms in total. The third-order valence-electron chi connectivity index (χ3n) is 2.22. The van der Waals surface area contributed by atoms with Crippen LogP contribution in [-0.2, 0) is 6.61 Å². The molecule has 5 heteroatoms. The number of aliphatic hydroxyl groups is 1. The van der Waals surface area contributed by atoms with Crippen LogP contribution in [0.1, 0.15) is 5.89 Å². The third-order valence-corrected chi connectivity index (χ3v) is 2.22. The molecule has 0 fully saturated rings. The molecule has 90 valence electrons. The zero-order valence-electron chi connectivity index (χ0n) is 9.30. The highest BCUT2D eigenvalue weighted by atomic mass is 16.5. The largest absolute Gasteiger partial charge is 0.492 e. The molecule has 0 unspecified atom stereocenters. The van der Waals surface area contributed by atoms with E-state index in [4.69, 9.17) is 20.0 Å². The summed E-state index contributed by atoms with van der Waals surface area (Å²) in [6.45, 7) is 0.792. The molecule has 0 spiro atoms. The lowest BCUT2D eigenvalue weighted by Crippen LogP contribution is -2.10. The van der Waals surface area contributed by atoms with Gasteiger partial charge in [-0.05, 0) is 24.3 Å². The molecule has 2 rings (SSSR count). The van der Waals surface area contributed by atoms with Crippen molar-refractivity contribution in [2.24, 2.45) is 5.73 Å². The number of rotatable bonds is 5. The van der Waals surface area contributed by atoms with Crippen LogP contribution in [0.3, 0.4) is 0 Å². The summed E-state index contributed by atoms with van der Waals surface area (Å²) >= 11 is 0. The van der Waals surface area contributed by atoms with E-state index in [1.807, 2.05) is 24.3 Å². The molecular formula is C12H14N2O3. The Hall–Kier alpha value is -1.85. The van der Waals surface area contributed by atoms with Crippen molar-refractivity contribution in [2.45, 2.75) is 6.61 Å². The Morgan fingerprint density at radius 3 is 2.65 bits per heavy atom. The van der Waals surface area contributed by atoms with Gasteiger partial charge in [0.1, 0.15) is 30.9 Å². The summed E-state index contributed by atoms with van der Waals surface area (Å²) in [7, 11) is 0. The van der Waals surface area contributed by atoms with Gasteiger partial charge in [0.15, 0.2) is 0 Å². The lowest BCUT2D eigenvalue weighted by molar-refractivity contribution is 0.240. The van der Waals surface area contributed by atoms with Crippen molar-refractivity contribution in [3.63, 3.8) is 0 Å². The summed E-state index contributed by atoms with van der Waals surface area (Å²) in [5.74, 6) is 1.08. The van der Waals surface area contributed by atoms with E-state index in [0.29, 0.717) is 24.7 Å². The Morgan fingerprint density at radius 2 is 2.06 bits per heavy atom. The molecule has 0 bridgehead atoms. The molecule has 0 saturated heterocycles. The van der Waals surface area contributed by atoms with Crippen LogP contribution in [0.25, 0.3) is 11.3 Å². The Kier molecular flexibility index (Phi) is 3.74. The van der Waals surface area contributed by atoms with Gasteiger partial charge in [-0.2, -0.15) is 0 Å². The molecule has 1 aromatic carbocycles. The second kappa shape index (κ2) is 5.47. The van der Waals surface area contributed by atoms with Gasteiger partial charge in [0, 0.05) is 12.1 Å².